The third-order valence-corrected chi connectivity index (χ3v) is 5.65. The van der Waals surface area contributed by atoms with E-state index in [2.05, 4.69) is 60.4 Å². The SMILES string of the molecule is COc1ccc(-c2cc(C(=O)NCC(c3ccc(C(C)(C)C)cc3)N(C)C)no2)cc1OC. The number of carbonyl (C=O) groups excluding carboxylic acids is 1. The molecule has 1 atom stereocenters. The van der Waals surface area contributed by atoms with Crippen LogP contribution in [0.1, 0.15) is 48.4 Å². The van der Waals surface area contributed by atoms with Crippen LogP contribution in [0.5, 0.6) is 11.5 Å². The maximum Gasteiger partial charge on any atom is 0.273 e. The normalized spacial score (nSPS) is 12.5. The van der Waals surface area contributed by atoms with Gasteiger partial charge < -0.3 is 24.2 Å². The molecular formula is C26H33N3O4. The molecule has 0 aliphatic carbocycles. The quantitative estimate of drug-likeness (QED) is 0.535. The van der Waals surface area contributed by atoms with Crippen LogP contribution < -0.4 is 14.8 Å². The maximum atomic E-state index is 12.8. The van der Waals surface area contributed by atoms with Crippen LogP contribution in [-0.2, 0) is 5.41 Å². The minimum Gasteiger partial charge on any atom is -0.493 e. The van der Waals surface area contributed by atoms with Crippen molar-refractivity contribution >= 4 is 5.91 Å². The zero-order chi connectivity index (χ0) is 24.2. The minimum atomic E-state index is -0.288. The predicted octanol–water partition coefficient (Wildman–Crippen LogP) is 4.69. The fourth-order valence-electron chi connectivity index (χ4n) is 3.59. The maximum absolute atomic E-state index is 12.8. The number of aromatic nitrogens is 1. The molecular weight excluding hydrogens is 418 g/mol. The first-order chi connectivity index (χ1) is 15.6. The van der Waals surface area contributed by atoms with Crippen molar-refractivity contribution in [3.8, 4) is 22.8 Å². The lowest BCUT2D eigenvalue weighted by Crippen LogP contribution is -2.34. The zero-order valence-electron chi connectivity index (χ0n) is 20.4. The van der Waals surface area contributed by atoms with Crippen molar-refractivity contribution in [1.29, 1.82) is 0 Å². The van der Waals surface area contributed by atoms with Crippen molar-refractivity contribution in [2.45, 2.75) is 32.2 Å². The summed E-state index contributed by atoms with van der Waals surface area (Å²) >= 11 is 0. The summed E-state index contributed by atoms with van der Waals surface area (Å²) in [6, 6.07) is 15.6. The Hall–Kier alpha value is -3.32. The molecule has 0 radical (unpaired) electrons. The van der Waals surface area contributed by atoms with Gasteiger partial charge >= 0.3 is 0 Å². The number of likely N-dealkylation sites (N-methyl/N-ethyl adjacent to an activating group) is 1. The second-order valence-corrected chi connectivity index (χ2v) is 9.21. The Kier molecular flexibility index (Phi) is 7.43. The molecule has 1 unspecified atom stereocenters. The van der Waals surface area contributed by atoms with E-state index in [9.17, 15) is 4.79 Å². The lowest BCUT2D eigenvalue weighted by molar-refractivity contribution is 0.0933. The number of carbonyl (C=O) groups is 1. The van der Waals surface area contributed by atoms with Gasteiger partial charge in [-0.15, -0.1) is 0 Å². The second-order valence-electron chi connectivity index (χ2n) is 9.21. The van der Waals surface area contributed by atoms with E-state index in [1.807, 2.05) is 20.2 Å². The summed E-state index contributed by atoms with van der Waals surface area (Å²) in [7, 11) is 7.15. The third kappa shape index (κ3) is 5.73. The average molecular weight is 452 g/mol. The number of benzene rings is 2. The van der Waals surface area contributed by atoms with Crippen LogP contribution in [0.3, 0.4) is 0 Å². The third-order valence-electron chi connectivity index (χ3n) is 5.65. The Morgan fingerprint density at radius 2 is 1.70 bits per heavy atom. The summed E-state index contributed by atoms with van der Waals surface area (Å²) in [4.78, 5) is 14.8. The molecule has 3 rings (SSSR count). The van der Waals surface area contributed by atoms with Gasteiger partial charge in [0.05, 0.1) is 20.3 Å². The lowest BCUT2D eigenvalue weighted by atomic mass is 9.86. The highest BCUT2D eigenvalue weighted by atomic mass is 16.5. The number of hydrogen-bond donors (Lipinski definition) is 1. The van der Waals surface area contributed by atoms with E-state index >= 15 is 0 Å². The molecule has 1 heterocycles. The van der Waals surface area contributed by atoms with E-state index in [0.717, 1.165) is 11.1 Å². The van der Waals surface area contributed by atoms with Crippen molar-refractivity contribution in [2.75, 3.05) is 34.9 Å². The molecule has 33 heavy (non-hydrogen) atoms. The number of ether oxygens (including phenoxy) is 2. The topological polar surface area (TPSA) is 76.8 Å². The fourth-order valence-corrected chi connectivity index (χ4v) is 3.59. The molecule has 3 aromatic rings. The standard InChI is InChI=1S/C26H33N3O4/c1-26(2,3)19-11-8-17(9-12-19)21(29(4)5)16-27-25(30)20-15-23(33-28-20)18-10-13-22(31-6)24(14-18)32-7/h8-15,21H,16H2,1-7H3,(H,27,30). The number of rotatable bonds is 8. The van der Waals surface area contributed by atoms with E-state index < -0.39 is 0 Å². The Labute approximate surface area is 195 Å². The van der Waals surface area contributed by atoms with Gasteiger partial charge in [0.25, 0.3) is 5.91 Å². The lowest BCUT2D eigenvalue weighted by Gasteiger charge is -2.26. The molecule has 7 heteroatoms. The Bertz CT molecular complexity index is 1080. The number of nitrogens with one attached hydrogen (secondary N) is 1. The molecule has 176 valence electrons. The van der Waals surface area contributed by atoms with Crippen LogP contribution in [0.15, 0.2) is 53.1 Å². The van der Waals surface area contributed by atoms with E-state index in [-0.39, 0.29) is 23.1 Å². The van der Waals surface area contributed by atoms with E-state index in [4.69, 9.17) is 14.0 Å². The molecule has 0 fully saturated rings. The van der Waals surface area contributed by atoms with E-state index in [1.54, 1.807) is 32.4 Å². The van der Waals surface area contributed by atoms with Gasteiger partial charge in [-0.2, -0.15) is 0 Å². The molecule has 0 saturated heterocycles. The van der Waals surface area contributed by atoms with Gasteiger partial charge in [0, 0.05) is 18.2 Å². The molecule has 0 spiro atoms. The van der Waals surface area contributed by atoms with Crippen LogP contribution in [0.4, 0.5) is 0 Å². The van der Waals surface area contributed by atoms with Crippen LogP contribution in [-0.4, -0.2) is 50.8 Å². The summed E-state index contributed by atoms with van der Waals surface area (Å²) < 4.78 is 16.0. The minimum absolute atomic E-state index is 0.0280. The van der Waals surface area contributed by atoms with Crippen LogP contribution in [0.2, 0.25) is 0 Å². The molecule has 1 N–H and O–H groups in total. The predicted molar refractivity (Wildman–Crippen MR) is 129 cm³/mol. The number of methoxy groups -OCH3 is 2. The molecule has 0 aliphatic rings. The molecule has 2 aromatic carbocycles. The number of hydrogen-bond acceptors (Lipinski definition) is 6. The Morgan fingerprint density at radius 1 is 1.03 bits per heavy atom. The summed E-state index contributed by atoms with van der Waals surface area (Å²) in [5.41, 5.74) is 3.47. The summed E-state index contributed by atoms with van der Waals surface area (Å²) in [5.74, 6) is 1.37. The Balaban J connectivity index is 1.70. The van der Waals surface area contributed by atoms with Gasteiger partial charge in [-0.3, -0.25) is 4.79 Å². The monoisotopic (exact) mass is 451 g/mol. The van der Waals surface area contributed by atoms with Gasteiger partial charge in [0.15, 0.2) is 23.0 Å². The van der Waals surface area contributed by atoms with E-state index in [1.165, 1.54) is 5.56 Å². The van der Waals surface area contributed by atoms with Gasteiger partial charge in [0.2, 0.25) is 0 Å². The van der Waals surface area contributed by atoms with Gasteiger partial charge in [-0.25, -0.2) is 0 Å². The smallest absolute Gasteiger partial charge is 0.273 e. The first-order valence-electron chi connectivity index (χ1n) is 10.9. The summed E-state index contributed by atoms with van der Waals surface area (Å²) in [6.07, 6.45) is 0. The molecule has 0 aliphatic heterocycles. The first kappa shape index (κ1) is 24.3. The van der Waals surface area contributed by atoms with Crippen LogP contribution in [0, 0.1) is 0 Å². The largest absolute Gasteiger partial charge is 0.493 e. The van der Waals surface area contributed by atoms with E-state index in [0.29, 0.717) is 23.8 Å². The highest BCUT2D eigenvalue weighted by molar-refractivity contribution is 5.93. The Morgan fingerprint density at radius 3 is 2.27 bits per heavy atom. The molecule has 0 saturated carbocycles. The fraction of sp³-hybridized carbons (Fsp3) is 0.385. The average Bonchev–Trinajstić information content (AvgIpc) is 3.28. The summed E-state index contributed by atoms with van der Waals surface area (Å²) in [5, 5.41) is 6.93. The van der Waals surface area contributed by atoms with Crippen LogP contribution >= 0.6 is 0 Å². The number of nitrogens with zero attached hydrogens (tertiary/aromatic N) is 2. The van der Waals surface area contributed by atoms with Crippen molar-refractivity contribution < 1.29 is 18.8 Å². The van der Waals surface area contributed by atoms with Gasteiger partial charge in [-0.05, 0) is 48.8 Å². The highest BCUT2D eigenvalue weighted by Crippen LogP contribution is 2.32. The van der Waals surface area contributed by atoms with Crippen molar-refractivity contribution in [3.05, 3.63) is 65.4 Å². The van der Waals surface area contributed by atoms with Crippen molar-refractivity contribution in [1.82, 2.24) is 15.4 Å². The van der Waals surface area contributed by atoms with Crippen molar-refractivity contribution in [3.63, 3.8) is 0 Å². The molecule has 1 aromatic heterocycles. The molecule has 7 nitrogen and oxygen atoms in total. The van der Waals surface area contributed by atoms with Gasteiger partial charge in [-0.1, -0.05) is 50.2 Å². The number of amides is 1. The molecule has 0 bridgehead atoms. The van der Waals surface area contributed by atoms with Crippen molar-refractivity contribution in [2.24, 2.45) is 0 Å². The summed E-state index contributed by atoms with van der Waals surface area (Å²) in [6.45, 7) is 7.03. The van der Waals surface area contributed by atoms with Gasteiger partial charge in [0.1, 0.15) is 0 Å². The molecule has 1 amide bonds. The van der Waals surface area contributed by atoms with Crippen LogP contribution in [0.25, 0.3) is 11.3 Å². The highest BCUT2D eigenvalue weighted by Gasteiger charge is 2.20. The first-order valence-corrected chi connectivity index (χ1v) is 10.9. The second kappa shape index (κ2) is 10.1. The zero-order valence-corrected chi connectivity index (χ0v) is 20.4.